The van der Waals surface area contributed by atoms with Crippen molar-refractivity contribution in [3.8, 4) is 0 Å². The highest BCUT2D eigenvalue weighted by molar-refractivity contribution is 7.91. The zero-order valence-electron chi connectivity index (χ0n) is 11.6. The van der Waals surface area contributed by atoms with Gasteiger partial charge in [-0.05, 0) is 31.0 Å². The Morgan fingerprint density at radius 1 is 1.33 bits per heavy atom. The van der Waals surface area contributed by atoms with Crippen LogP contribution in [0.25, 0.3) is 11.1 Å². The third-order valence-corrected chi connectivity index (χ3v) is 5.36. The Balaban J connectivity index is 1.72. The molecular formula is C14H16N2O4S. The first-order valence-electron chi connectivity index (χ1n) is 6.81. The molecule has 1 fully saturated rings. The summed E-state index contributed by atoms with van der Waals surface area (Å²) in [5, 5.41) is 2.88. The molecule has 1 aromatic heterocycles. The average molecular weight is 308 g/mol. The average Bonchev–Trinajstić information content (AvgIpc) is 2.80. The summed E-state index contributed by atoms with van der Waals surface area (Å²) in [6, 6.07) is 5.00. The molecule has 7 heteroatoms. The van der Waals surface area contributed by atoms with Gasteiger partial charge in [0.05, 0.1) is 11.5 Å². The SMILES string of the molecule is Cc1nc2ccc(C(=O)NC3CCS(=O)(=O)CC3)cc2o1. The van der Waals surface area contributed by atoms with Crippen LogP contribution in [0.5, 0.6) is 0 Å². The van der Waals surface area contributed by atoms with Gasteiger partial charge < -0.3 is 9.73 Å². The van der Waals surface area contributed by atoms with Crippen LogP contribution < -0.4 is 5.32 Å². The maximum Gasteiger partial charge on any atom is 0.251 e. The highest BCUT2D eigenvalue weighted by Crippen LogP contribution is 2.18. The molecule has 1 aliphatic rings. The van der Waals surface area contributed by atoms with E-state index >= 15 is 0 Å². The smallest absolute Gasteiger partial charge is 0.251 e. The topological polar surface area (TPSA) is 89.3 Å². The van der Waals surface area contributed by atoms with E-state index in [-0.39, 0.29) is 23.5 Å². The van der Waals surface area contributed by atoms with Crippen molar-refractivity contribution in [3.63, 3.8) is 0 Å². The Morgan fingerprint density at radius 2 is 2.05 bits per heavy atom. The predicted molar refractivity (Wildman–Crippen MR) is 77.9 cm³/mol. The number of sulfone groups is 1. The number of aryl methyl sites for hydroxylation is 1. The first kappa shape index (κ1) is 14.1. The minimum Gasteiger partial charge on any atom is -0.441 e. The molecule has 1 aromatic carbocycles. The molecule has 3 rings (SSSR count). The van der Waals surface area contributed by atoms with Gasteiger partial charge >= 0.3 is 0 Å². The van der Waals surface area contributed by atoms with E-state index in [4.69, 9.17) is 4.42 Å². The molecule has 0 radical (unpaired) electrons. The quantitative estimate of drug-likeness (QED) is 0.907. The normalized spacial score (nSPS) is 18.7. The van der Waals surface area contributed by atoms with Crippen LogP contribution in [0.1, 0.15) is 29.1 Å². The van der Waals surface area contributed by atoms with Crippen molar-refractivity contribution in [2.24, 2.45) is 0 Å². The Kier molecular flexibility index (Phi) is 3.44. The van der Waals surface area contributed by atoms with Crippen LogP contribution in [0, 0.1) is 6.92 Å². The number of aromatic nitrogens is 1. The van der Waals surface area contributed by atoms with E-state index in [1.165, 1.54) is 0 Å². The highest BCUT2D eigenvalue weighted by atomic mass is 32.2. The maximum absolute atomic E-state index is 12.2. The first-order chi connectivity index (χ1) is 9.93. The fraction of sp³-hybridized carbons (Fsp3) is 0.429. The number of oxazole rings is 1. The lowest BCUT2D eigenvalue weighted by molar-refractivity contribution is 0.0934. The molecular weight excluding hydrogens is 292 g/mol. The zero-order valence-corrected chi connectivity index (χ0v) is 12.4. The Hall–Kier alpha value is -1.89. The molecule has 2 aromatic rings. The molecule has 0 spiro atoms. The van der Waals surface area contributed by atoms with Gasteiger partial charge in [-0.25, -0.2) is 13.4 Å². The van der Waals surface area contributed by atoms with Crippen molar-refractivity contribution < 1.29 is 17.6 Å². The lowest BCUT2D eigenvalue weighted by Gasteiger charge is -2.22. The van der Waals surface area contributed by atoms with Gasteiger partial charge in [0.2, 0.25) is 0 Å². The van der Waals surface area contributed by atoms with Gasteiger partial charge in [0.15, 0.2) is 11.5 Å². The van der Waals surface area contributed by atoms with Gasteiger partial charge in [-0.3, -0.25) is 4.79 Å². The van der Waals surface area contributed by atoms with Crippen molar-refractivity contribution in [2.75, 3.05) is 11.5 Å². The molecule has 2 heterocycles. The lowest BCUT2D eigenvalue weighted by Crippen LogP contribution is -2.40. The highest BCUT2D eigenvalue weighted by Gasteiger charge is 2.25. The second-order valence-corrected chi connectivity index (χ2v) is 7.62. The molecule has 1 amide bonds. The number of nitrogens with zero attached hydrogens (tertiary/aromatic N) is 1. The summed E-state index contributed by atoms with van der Waals surface area (Å²) >= 11 is 0. The van der Waals surface area contributed by atoms with E-state index in [2.05, 4.69) is 10.3 Å². The minimum atomic E-state index is -2.92. The van der Waals surface area contributed by atoms with E-state index < -0.39 is 9.84 Å². The van der Waals surface area contributed by atoms with Crippen molar-refractivity contribution in [3.05, 3.63) is 29.7 Å². The monoisotopic (exact) mass is 308 g/mol. The largest absolute Gasteiger partial charge is 0.441 e. The van der Waals surface area contributed by atoms with Gasteiger partial charge in [-0.15, -0.1) is 0 Å². The summed E-state index contributed by atoms with van der Waals surface area (Å²) in [4.78, 5) is 16.4. The zero-order chi connectivity index (χ0) is 15.0. The third-order valence-electron chi connectivity index (χ3n) is 3.65. The molecule has 21 heavy (non-hydrogen) atoms. The number of hydrogen-bond acceptors (Lipinski definition) is 5. The van der Waals surface area contributed by atoms with Crippen LogP contribution >= 0.6 is 0 Å². The van der Waals surface area contributed by atoms with E-state index in [9.17, 15) is 13.2 Å². The summed E-state index contributed by atoms with van der Waals surface area (Å²) < 4.78 is 28.1. The van der Waals surface area contributed by atoms with Gasteiger partial charge in [0.1, 0.15) is 15.4 Å². The minimum absolute atomic E-state index is 0.0896. The first-order valence-corrected chi connectivity index (χ1v) is 8.63. The third kappa shape index (κ3) is 3.07. The molecule has 1 saturated heterocycles. The van der Waals surface area contributed by atoms with Crippen molar-refractivity contribution in [1.29, 1.82) is 0 Å². The summed E-state index contributed by atoms with van der Waals surface area (Å²) in [6.45, 7) is 1.75. The second-order valence-electron chi connectivity index (χ2n) is 5.31. The van der Waals surface area contributed by atoms with Gasteiger partial charge in [0.25, 0.3) is 5.91 Å². The molecule has 0 saturated carbocycles. The maximum atomic E-state index is 12.2. The molecule has 1 aliphatic heterocycles. The molecule has 0 aliphatic carbocycles. The number of nitrogens with one attached hydrogen (secondary N) is 1. The molecule has 6 nitrogen and oxygen atoms in total. The van der Waals surface area contributed by atoms with Crippen molar-refractivity contribution >= 4 is 26.8 Å². The van der Waals surface area contributed by atoms with Crippen LogP contribution in [-0.2, 0) is 9.84 Å². The second kappa shape index (κ2) is 5.14. The van der Waals surface area contributed by atoms with Crippen LogP contribution in [0.2, 0.25) is 0 Å². The van der Waals surface area contributed by atoms with E-state index in [0.29, 0.717) is 35.4 Å². The van der Waals surface area contributed by atoms with Crippen molar-refractivity contribution in [2.45, 2.75) is 25.8 Å². The Bertz CT molecular complexity index is 780. The number of fused-ring (bicyclic) bond motifs is 1. The molecule has 0 unspecified atom stereocenters. The van der Waals surface area contributed by atoms with E-state index in [0.717, 1.165) is 0 Å². The fourth-order valence-electron chi connectivity index (χ4n) is 2.48. The summed E-state index contributed by atoms with van der Waals surface area (Å²) in [7, 11) is -2.92. The number of carbonyl (C=O) groups is 1. The Labute approximate surface area is 122 Å². The summed E-state index contributed by atoms with van der Waals surface area (Å²) in [5.74, 6) is 0.617. The van der Waals surface area contributed by atoms with Crippen LogP contribution in [0.15, 0.2) is 22.6 Å². The summed E-state index contributed by atoms with van der Waals surface area (Å²) in [5.41, 5.74) is 1.78. The number of amides is 1. The van der Waals surface area contributed by atoms with Crippen LogP contribution in [0.3, 0.4) is 0 Å². The van der Waals surface area contributed by atoms with Gasteiger partial charge in [0, 0.05) is 18.5 Å². The van der Waals surface area contributed by atoms with E-state index in [1.807, 2.05) is 0 Å². The number of rotatable bonds is 2. The van der Waals surface area contributed by atoms with Crippen LogP contribution in [-0.4, -0.2) is 36.9 Å². The molecule has 0 bridgehead atoms. The summed E-state index contributed by atoms with van der Waals surface area (Å²) in [6.07, 6.45) is 0.940. The van der Waals surface area contributed by atoms with Crippen LogP contribution in [0.4, 0.5) is 0 Å². The number of benzene rings is 1. The standard InChI is InChI=1S/C14H16N2O4S/c1-9-15-12-3-2-10(8-13(12)20-9)14(17)16-11-4-6-21(18,19)7-5-11/h2-3,8,11H,4-7H2,1H3,(H,16,17). The number of hydrogen-bond donors (Lipinski definition) is 1. The fourth-order valence-corrected chi connectivity index (χ4v) is 3.98. The van der Waals surface area contributed by atoms with Crippen molar-refractivity contribution in [1.82, 2.24) is 10.3 Å². The van der Waals surface area contributed by atoms with Gasteiger partial charge in [-0.1, -0.05) is 0 Å². The number of carbonyl (C=O) groups excluding carboxylic acids is 1. The van der Waals surface area contributed by atoms with Gasteiger partial charge in [-0.2, -0.15) is 0 Å². The predicted octanol–water partition coefficient (Wildman–Crippen LogP) is 1.44. The Morgan fingerprint density at radius 3 is 2.76 bits per heavy atom. The molecule has 0 atom stereocenters. The lowest BCUT2D eigenvalue weighted by atomic mass is 10.1. The molecule has 112 valence electrons. The molecule has 1 N–H and O–H groups in total. The van der Waals surface area contributed by atoms with E-state index in [1.54, 1.807) is 25.1 Å².